The number of hydrogen-bond acceptors (Lipinski definition) is 3. The molecule has 1 heterocycles. The average Bonchev–Trinajstić information content (AvgIpc) is 2.73. The van der Waals surface area contributed by atoms with Crippen LogP contribution in [0.4, 0.5) is 0 Å². The Balaban J connectivity index is 2.86. The molecule has 17 heavy (non-hydrogen) atoms. The van der Waals surface area contributed by atoms with Crippen LogP contribution >= 0.6 is 11.3 Å². The molecule has 0 aromatic carbocycles. The highest BCUT2D eigenvalue weighted by Gasteiger charge is 2.23. The molecule has 0 bridgehead atoms. The zero-order valence-corrected chi connectivity index (χ0v) is 11.8. The smallest absolute Gasteiger partial charge is 0.104 e. The van der Waals surface area contributed by atoms with Crippen molar-refractivity contribution in [2.45, 2.75) is 52.1 Å². The van der Waals surface area contributed by atoms with Crippen LogP contribution in [0.5, 0.6) is 0 Å². The first-order chi connectivity index (χ1) is 7.90. The van der Waals surface area contributed by atoms with Gasteiger partial charge in [-0.2, -0.15) is 5.26 Å². The highest BCUT2D eigenvalue weighted by molar-refractivity contribution is 7.12. The van der Waals surface area contributed by atoms with Crippen LogP contribution in [0.3, 0.4) is 0 Å². The van der Waals surface area contributed by atoms with Gasteiger partial charge in [-0.1, -0.05) is 34.1 Å². The lowest BCUT2D eigenvalue weighted by molar-refractivity contribution is 0.133. The van der Waals surface area contributed by atoms with Crippen LogP contribution in [0.15, 0.2) is 12.1 Å². The standard InChI is InChI=1S/C14H21NOS/c1-5-6-10(9-15)13(16)11-7-8-12(17-11)14(2,3)4/h7-8,10,13,16H,5-6H2,1-4H3. The molecule has 94 valence electrons. The van der Waals surface area contributed by atoms with Crippen LogP contribution < -0.4 is 0 Å². The molecular formula is C14H21NOS. The SMILES string of the molecule is CCCC(C#N)C(O)c1ccc(C(C)(C)C)s1. The number of aliphatic hydroxyl groups is 1. The van der Waals surface area contributed by atoms with Gasteiger partial charge in [-0.3, -0.25) is 0 Å². The Bertz CT molecular complexity index is 397. The van der Waals surface area contributed by atoms with E-state index in [1.165, 1.54) is 4.88 Å². The molecule has 2 atom stereocenters. The van der Waals surface area contributed by atoms with Crippen molar-refractivity contribution in [3.63, 3.8) is 0 Å². The third kappa shape index (κ3) is 3.55. The van der Waals surface area contributed by atoms with E-state index in [1.54, 1.807) is 11.3 Å². The second-order valence-electron chi connectivity index (χ2n) is 5.42. The van der Waals surface area contributed by atoms with Crippen molar-refractivity contribution in [3.8, 4) is 6.07 Å². The topological polar surface area (TPSA) is 44.0 Å². The Labute approximate surface area is 108 Å². The monoisotopic (exact) mass is 251 g/mol. The van der Waals surface area contributed by atoms with E-state index in [9.17, 15) is 5.11 Å². The second-order valence-corrected chi connectivity index (χ2v) is 6.54. The zero-order chi connectivity index (χ0) is 13.1. The summed E-state index contributed by atoms with van der Waals surface area (Å²) < 4.78 is 0. The summed E-state index contributed by atoms with van der Waals surface area (Å²) in [5, 5.41) is 19.2. The van der Waals surface area contributed by atoms with E-state index < -0.39 is 6.10 Å². The summed E-state index contributed by atoms with van der Waals surface area (Å²) >= 11 is 1.62. The summed E-state index contributed by atoms with van der Waals surface area (Å²) in [5.74, 6) is -0.286. The molecule has 0 fully saturated rings. The highest BCUT2D eigenvalue weighted by atomic mass is 32.1. The highest BCUT2D eigenvalue weighted by Crippen LogP contribution is 2.35. The number of rotatable bonds is 4. The van der Waals surface area contributed by atoms with Gasteiger partial charge in [0, 0.05) is 9.75 Å². The van der Waals surface area contributed by atoms with Crippen molar-refractivity contribution in [2.24, 2.45) is 5.92 Å². The maximum atomic E-state index is 10.2. The predicted octanol–water partition coefficient (Wildman–Crippen LogP) is 4.02. The van der Waals surface area contributed by atoms with E-state index in [0.717, 1.165) is 17.7 Å². The van der Waals surface area contributed by atoms with Crippen LogP contribution in [0.2, 0.25) is 0 Å². The largest absolute Gasteiger partial charge is 0.386 e. The quantitative estimate of drug-likeness (QED) is 0.878. The lowest BCUT2D eigenvalue weighted by atomic mass is 9.94. The van der Waals surface area contributed by atoms with Crippen LogP contribution in [-0.2, 0) is 5.41 Å². The van der Waals surface area contributed by atoms with Gasteiger partial charge in [-0.25, -0.2) is 0 Å². The first kappa shape index (κ1) is 14.2. The molecular weight excluding hydrogens is 230 g/mol. The summed E-state index contributed by atoms with van der Waals surface area (Å²) in [7, 11) is 0. The summed E-state index contributed by atoms with van der Waals surface area (Å²) in [4.78, 5) is 2.16. The molecule has 3 heteroatoms. The van der Waals surface area contributed by atoms with Crippen LogP contribution in [0.25, 0.3) is 0 Å². The summed E-state index contributed by atoms with van der Waals surface area (Å²) in [5.41, 5.74) is 0.107. The maximum Gasteiger partial charge on any atom is 0.104 e. The lowest BCUT2D eigenvalue weighted by Crippen LogP contribution is -2.10. The molecule has 0 spiro atoms. The Morgan fingerprint density at radius 1 is 1.41 bits per heavy atom. The van der Waals surface area contributed by atoms with Crippen molar-refractivity contribution >= 4 is 11.3 Å². The minimum Gasteiger partial charge on any atom is -0.386 e. The van der Waals surface area contributed by atoms with Gasteiger partial charge in [-0.15, -0.1) is 11.3 Å². The van der Waals surface area contributed by atoms with Gasteiger partial charge in [0.2, 0.25) is 0 Å². The van der Waals surface area contributed by atoms with Crippen molar-refractivity contribution in [1.29, 1.82) is 5.26 Å². The van der Waals surface area contributed by atoms with Gasteiger partial charge >= 0.3 is 0 Å². The van der Waals surface area contributed by atoms with E-state index in [0.29, 0.717) is 0 Å². The Kier molecular flexibility index (Phi) is 4.73. The van der Waals surface area contributed by atoms with E-state index in [2.05, 4.69) is 32.9 Å². The van der Waals surface area contributed by atoms with Crippen molar-refractivity contribution < 1.29 is 5.11 Å². The first-order valence-electron chi connectivity index (χ1n) is 6.08. The molecule has 1 N–H and O–H groups in total. The minimum atomic E-state index is -0.638. The number of hydrogen-bond donors (Lipinski definition) is 1. The minimum absolute atomic E-state index is 0.107. The molecule has 0 amide bonds. The van der Waals surface area contributed by atoms with Crippen LogP contribution in [0, 0.1) is 17.2 Å². The number of nitrogens with zero attached hydrogens (tertiary/aromatic N) is 1. The Hall–Kier alpha value is -0.850. The Morgan fingerprint density at radius 3 is 2.47 bits per heavy atom. The van der Waals surface area contributed by atoms with Crippen molar-refractivity contribution in [1.82, 2.24) is 0 Å². The molecule has 1 aromatic rings. The van der Waals surface area contributed by atoms with Gasteiger partial charge in [0.05, 0.1) is 12.0 Å². The normalized spacial score (nSPS) is 15.3. The van der Waals surface area contributed by atoms with E-state index in [-0.39, 0.29) is 11.3 Å². The van der Waals surface area contributed by atoms with Gasteiger partial charge in [-0.05, 0) is 24.0 Å². The van der Waals surface area contributed by atoms with E-state index >= 15 is 0 Å². The van der Waals surface area contributed by atoms with Gasteiger partial charge in [0.25, 0.3) is 0 Å². The maximum absolute atomic E-state index is 10.2. The second kappa shape index (κ2) is 5.66. The molecule has 2 nitrogen and oxygen atoms in total. The van der Waals surface area contributed by atoms with Crippen LogP contribution in [-0.4, -0.2) is 5.11 Å². The van der Waals surface area contributed by atoms with E-state index in [4.69, 9.17) is 5.26 Å². The molecule has 0 saturated heterocycles. The fourth-order valence-corrected chi connectivity index (χ4v) is 2.83. The lowest BCUT2D eigenvalue weighted by Gasteiger charge is -2.17. The van der Waals surface area contributed by atoms with Crippen molar-refractivity contribution in [2.75, 3.05) is 0 Å². The average molecular weight is 251 g/mol. The van der Waals surface area contributed by atoms with Gasteiger partial charge in [0.15, 0.2) is 0 Å². The summed E-state index contributed by atoms with van der Waals surface area (Å²) in [6, 6.07) is 6.22. The van der Waals surface area contributed by atoms with Crippen molar-refractivity contribution in [3.05, 3.63) is 21.9 Å². The predicted molar refractivity (Wildman–Crippen MR) is 72.0 cm³/mol. The van der Waals surface area contributed by atoms with Crippen LogP contribution in [0.1, 0.15) is 56.4 Å². The third-order valence-corrected chi connectivity index (χ3v) is 4.39. The fourth-order valence-electron chi connectivity index (χ4n) is 1.72. The number of nitriles is 1. The molecule has 0 aliphatic carbocycles. The summed E-state index contributed by atoms with van der Waals surface area (Å²) in [6.07, 6.45) is 1.04. The first-order valence-corrected chi connectivity index (χ1v) is 6.89. The molecule has 0 aliphatic heterocycles. The molecule has 1 rings (SSSR count). The fraction of sp³-hybridized carbons (Fsp3) is 0.643. The zero-order valence-electron chi connectivity index (χ0n) is 11.0. The number of aliphatic hydroxyl groups excluding tert-OH is 1. The Morgan fingerprint density at radius 2 is 2.06 bits per heavy atom. The molecule has 2 unspecified atom stereocenters. The molecule has 0 radical (unpaired) electrons. The third-order valence-electron chi connectivity index (χ3n) is 2.80. The summed E-state index contributed by atoms with van der Waals surface area (Å²) in [6.45, 7) is 8.50. The van der Waals surface area contributed by atoms with Gasteiger partial charge < -0.3 is 5.11 Å². The van der Waals surface area contributed by atoms with E-state index in [1.807, 2.05) is 13.0 Å². The number of thiophene rings is 1. The molecule has 0 aliphatic rings. The molecule has 1 aromatic heterocycles. The van der Waals surface area contributed by atoms with Gasteiger partial charge in [0.1, 0.15) is 6.10 Å². The molecule has 0 saturated carbocycles.